The number of carbonyl (C=O) groups excluding carboxylic acids is 2. The SMILES string of the molecule is CCCN1C(=O)[C@H]2CC[C@@H]1CN(C(=O)c1cn3cc(Cl)ccc3n1)C2. The van der Waals surface area contributed by atoms with Gasteiger partial charge in [-0.3, -0.25) is 9.59 Å². The van der Waals surface area contributed by atoms with Gasteiger partial charge in [-0.25, -0.2) is 4.98 Å². The highest BCUT2D eigenvalue weighted by molar-refractivity contribution is 6.30. The lowest BCUT2D eigenvalue weighted by atomic mass is 9.94. The summed E-state index contributed by atoms with van der Waals surface area (Å²) in [6.45, 7) is 3.93. The Morgan fingerprint density at radius 2 is 2.12 bits per heavy atom. The Hall–Kier alpha value is -2.08. The Balaban J connectivity index is 1.60. The number of rotatable bonds is 3. The summed E-state index contributed by atoms with van der Waals surface area (Å²) in [7, 11) is 0. The Morgan fingerprint density at radius 1 is 1.28 bits per heavy atom. The lowest BCUT2D eigenvalue weighted by Gasteiger charge is -2.35. The van der Waals surface area contributed by atoms with E-state index in [9.17, 15) is 9.59 Å². The standard InChI is InChI=1S/C18H21ClN4O2/c1-2-7-23-14-5-3-12(17(23)24)8-22(10-14)18(25)15-11-21-9-13(19)4-6-16(21)20-15/h4,6,9,11-12,14H,2-3,5,7-8,10H2,1H3/t12-,14+/m0/s1. The van der Waals surface area contributed by atoms with Gasteiger partial charge in [-0.05, 0) is 31.4 Å². The van der Waals surface area contributed by atoms with Crippen molar-refractivity contribution in [2.75, 3.05) is 19.6 Å². The van der Waals surface area contributed by atoms with Crippen LogP contribution >= 0.6 is 11.6 Å². The second kappa shape index (κ2) is 6.33. The molecule has 3 aliphatic rings. The molecule has 2 aromatic rings. The van der Waals surface area contributed by atoms with Crippen LogP contribution in [0.1, 0.15) is 36.7 Å². The largest absolute Gasteiger partial charge is 0.338 e. The van der Waals surface area contributed by atoms with E-state index in [1.165, 1.54) is 0 Å². The molecule has 5 heterocycles. The van der Waals surface area contributed by atoms with Gasteiger partial charge in [-0.15, -0.1) is 0 Å². The third-order valence-corrected chi connectivity index (χ3v) is 5.40. The highest BCUT2D eigenvalue weighted by Gasteiger charge is 2.41. The van der Waals surface area contributed by atoms with E-state index in [-0.39, 0.29) is 23.8 Å². The van der Waals surface area contributed by atoms with Gasteiger partial charge >= 0.3 is 0 Å². The Kier molecular flexibility index (Phi) is 4.15. The van der Waals surface area contributed by atoms with Crippen molar-refractivity contribution in [1.82, 2.24) is 19.2 Å². The van der Waals surface area contributed by atoms with Crippen LogP contribution in [0.5, 0.6) is 0 Å². The minimum Gasteiger partial charge on any atom is -0.338 e. The molecule has 0 saturated carbocycles. The van der Waals surface area contributed by atoms with Gasteiger partial charge in [0.25, 0.3) is 5.91 Å². The molecule has 25 heavy (non-hydrogen) atoms. The van der Waals surface area contributed by atoms with Crippen LogP contribution in [-0.2, 0) is 4.79 Å². The number of nitrogens with zero attached hydrogens (tertiary/aromatic N) is 4. The molecule has 3 saturated heterocycles. The van der Waals surface area contributed by atoms with Crippen molar-refractivity contribution in [2.24, 2.45) is 5.92 Å². The first-order chi connectivity index (χ1) is 12.1. The molecule has 0 spiro atoms. The summed E-state index contributed by atoms with van der Waals surface area (Å²) in [4.78, 5) is 33.8. The number of aromatic nitrogens is 2. The topological polar surface area (TPSA) is 57.9 Å². The normalized spacial score (nSPS) is 23.4. The second-order valence-electron chi connectivity index (χ2n) is 6.91. The fraction of sp³-hybridized carbons (Fsp3) is 0.500. The molecule has 0 aliphatic carbocycles. The molecule has 0 aromatic carbocycles. The first-order valence-corrected chi connectivity index (χ1v) is 9.18. The molecule has 6 nitrogen and oxygen atoms in total. The number of fused-ring (bicyclic) bond motifs is 5. The first kappa shape index (κ1) is 16.4. The minimum absolute atomic E-state index is 0.0827. The third-order valence-electron chi connectivity index (χ3n) is 5.18. The van der Waals surface area contributed by atoms with Gasteiger partial charge in [0.05, 0.1) is 10.9 Å². The average molecular weight is 361 g/mol. The number of carbonyl (C=O) groups is 2. The van der Waals surface area contributed by atoms with Crippen molar-refractivity contribution in [3.8, 4) is 0 Å². The number of amides is 2. The van der Waals surface area contributed by atoms with Crippen LogP contribution in [0.25, 0.3) is 5.65 Å². The molecule has 132 valence electrons. The zero-order valence-corrected chi connectivity index (χ0v) is 14.9. The number of pyridine rings is 1. The maximum atomic E-state index is 13.0. The molecule has 5 rings (SSSR count). The lowest BCUT2D eigenvalue weighted by Crippen LogP contribution is -2.48. The molecule has 7 heteroatoms. The second-order valence-corrected chi connectivity index (χ2v) is 7.35. The minimum atomic E-state index is -0.108. The number of hydrogen-bond acceptors (Lipinski definition) is 3. The summed E-state index contributed by atoms with van der Waals surface area (Å²) < 4.78 is 1.76. The van der Waals surface area contributed by atoms with Gasteiger partial charge in [-0.2, -0.15) is 0 Å². The van der Waals surface area contributed by atoms with Crippen LogP contribution in [0.15, 0.2) is 24.5 Å². The predicted molar refractivity (Wildman–Crippen MR) is 94.6 cm³/mol. The molecule has 2 aromatic heterocycles. The van der Waals surface area contributed by atoms with Gasteiger partial charge in [0.15, 0.2) is 0 Å². The van der Waals surface area contributed by atoms with E-state index in [0.717, 1.165) is 25.8 Å². The highest BCUT2D eigenvalue weighted by Crippen LogP contribution is 2.30. The Morgan fingerprint density at radius 3 is 2.92 bits per heavy atom. The lowest BCUT2D eigenvalue weighted by molar-refractivity contribution is -0.139. The van der Waals surface area contributed by atoms with E-state index in [0.29, 0.717) is 29.5 Å². The van der Waals surface area contributed by atoms with Gasteiger partial charge in [0, 0.05) is 38.1 Å². The van der Waals surface area contributed by atoms with Crippen molar-refractivity contribution in [2.45, 2.75) is 32.2 Å². The summed E-state index contributed by atoms with van der Waals surface area (Å²) in [5, 5.41) is 0.595. The number of hydrogen-bond donors (Lipinski definition) is 0. The zero-order valence-electron chi connectivity index (χ0n) is 14.2. The molecular weight excluding hydrogens is 340 g/mol. The summed E-state index contributed by atoms with van der Waals surface area (Å²) in [6, 6.07) is 3.67. The monoisotopic (exact) mass is 360 g/mol. The third kappa shape index (κ3) is 2.88. The molecule has 0 unspecified atom stereocenters. The predicted octanol–water partition coefficient (Wildman–Crippen LogP) is 2.46. The van der Waals surface area contributed by atoms with E-state index in [1.807, 2.05) is 4.90 Å². The molecule has 3 aliphatic heterocycles. The maximum Gasteiger partial charge on any atom is 0.274 e. The summed E-state index contributed by atoms with van der Waals surface area (Å²) in [5.41, 5.74) is 1.09. The van der Waals surface area contributed by atoms with Crippen LogP contribution < -0.4 is 0 Å². The van der Waals surface area contributed by atoms with Crippen molar-refractivity contribution < 1.29 is 9.59 Å². The van der Waals surface area contributed by atoms with E-state index in [1.54, 1.807) is 33.8 Å². The quantitative estimate of drug-likeness (QED) is 0.844. The van der Waals surface area contributed by atoms with Crippen LogP contribution in [0, 0.1) is 5.92 Å². The van der Waals surface area contributed by atoms with Crippen molar-refractivity contribution in [3.05, 3.63) is 35.2 Å². The summed E-state index contributed by atoms with van der Waals surface area (Å²) in [6.07, 6.45) is 6.23. The molecular formula is C18H21ClN4O2. The van der Waals surface area contributed by atoms with Crippen molar-refractivity contribution in [1.29, 1.82) is 0 Å². The highest BCUT2D eigenvalue weighted by atomic mass is 35.5. The molecule has 2 bridgehead atoms. The Bertz CT molecular complexity index is 834. The molecule has 2 atom stereocenters. The van der Waals surface area contributed by atoms with E-state index in [4.69, 9.17) is 11.6 Å². The number of imidazole rings is 1. The van der Waals surface area contributed by atoms with Gasteiger partial charge in [0.1, 0.15) is 11.3 Å². The zero-order chi connectivity index (χ0) is 17.6. The van der Waals surface area contributed by atoms with Crippen molar-refractivity contribution in [3.63, 3.8) is 0 Å². The molecule has 3 fully saturated rings. The molecule has 2 amide bonds. The van der Waals surface area contributed by atoms with Crippen molar-refractivity contribution >= 4 is 29.1 Å². The van der Waals surface area contributed by atoms with Gasteiger partial charge in [0.2, 0.25) is 5.91 Å². The Labute approximate surface area is 151 Å². The van der Waals surface area contributed by atoms with E-state index >= 15 is 0 Å². The van der Waals surface area contributed by atoms with Crippen LogP contribution in [0.3, 0.4) is 0 Å². The average Bonchev–Trinajstić information content (AvgIpc) is 2.82. The summed E-state index contributed by atoms with van der Waals surface area (Å²) in [5.74, 6) is 0.0128. The van der Waals surface area contributed by atoms with Crippen LogP contribution in [0.2, 0.25) is 5.02 Å². The van der Waals surface area contributed by atoms with Crippen LogP contribution in [-0.4, -0.2) is 56.7 Å². The molecule has 0 radical (unpaired) electrons. The van der Waals surface area contributed by atoms with Gasteiger partial charge in [-0.1, -0.05) is 18.5 Å². The van der Waals surface area contributed by atoms with E-state index < -0.39 is 0 Å². The molecule has 0 N–H and O–H groups in total. The van der Waals surface area contributed by atoms with Crippen LogP contribution in [0.4, 0.5) is 0 Å². The van der Waals surface area contributed by atoms with E-state index in [2.05, 4.69) is 11.9 Å². The van der Waals surface area contributed by atoms with Gasteiger partial charge < -0.3 is 14.2 Å². The number of halogens is 1. The fourth-order valence-electron chi connectivity index (χ4n) is 3.97. The maximum absolute atomic E-state index is 13.0. The first-order valence-electron chi connectivity index (χ1n) is 8.81. The smallest absolute Gasteiger partial charge is 0.274 e. The summed E-state index contributed by atoms with van der Waals surface area (Å²) >= 11 is 6.00. The number of piperidine rings is 1. The fourth-order valence-corrected chi connectivity index (χ4v) is 4.14.